The summed E-state index contributed by atoms with van der Waals surface area (Å²) in [6.45, 7) is 2.61. The van der Waals surface area contributed by atoms with Gasteiger partial charge in [-0.25, -0.2) is 13.1 Å². The first-order chi connectivity index (χ1) is 12.3. The molecule has 2 N–H and O–H groups in total. The van der Waals surface area contributed by atoms with Gasteiger partial charge in [0, 0.05) is 51.4 Å². The molecule has 0 saturated carbocycles. The molecule has 2 aliphatic rings. The quantitative estimate of drug-likeness (QED) is 0.723. The monoisotopic (exact) mass is 383 g/mol. The van der Waals surface area contributed by atoms with Crippen LogP contribution in [-0.4, -0.2) is 67.5 Å². The Balaban J connectivity index is 1.67. The van der Waals surface area contributed by atoms with Gasteiger partial charge in [0.15, 0.2) is 0 Å². The number of carbonyl (C=O) groups is 1. The molecule has 3 rings (SSSR count). The van der Waals surface area contributed by atoms with Crippen molar-refractivity contribution in [3.63, 3.8) is 0 Å². The Labute approximate surface area is 155 Å². The summed E-state index contributed by atoms with van der Waals surface area (Å²) < 4.78 is 26.9. The Bertz CT molecular complexity index is 733. The van der Waals surface area contributed by atoms with E-state index in [2.05, 4.69) is 15.1 Å². The number of nitrogens with one attached hydrogen (secondary N) is 2. The fourth-order valence-electron chi connectivity index (χ4n) is 4.13. The summed E-state index contributed by atoms with van der Waals surface area (Å²) in [5.41, 5.74) is 1.10. The minimum Gasteiger partial charge on any atom is -0.339 e. The maximum Gasteiger partial charge on any atom is 0.227 e. The summed E-state index contributed by atoms with van der Waals surface area (Å²) in [6, 6.07) is 0.112. The number of aryl methyl sites for hydroxylation is 1. The SMILES string of the molecule is Cn1cc([C@H]2CNC[C@@H]2C(=O)N2CCCCC2CCNS(C)(=O)=O)cn1. The number of carbonyl (C=O) groups excluding carboxylic acids is 1. The zero-order valence-corrected chi connectivity index (χ0v) is 16.3. The molecule has 1 aromatic heterocycles. The van der Waals surface area contributed by atoms with Crippen molar-refractivity contribution in [2.24, 2.45) is 13.0 Å². The number of aromatic nitrogens is 2. The molecule has 3 atom stereocenters. The van der Waals surface area contributed by atoms with Crippen LogP contribution >= 0.6 is 0 Å². The third-order valence-corrected chi connectivity index (χ3v) is 6.16. The van der Waals surface area contributed by atoms with Crippen molar-refractivity contribution in [3.05, 3.63) is 18.0 Å². The second-order valence-electron chi connectivity index (χ2n) is 7.45. The summed E-state index contributed by atoms with van der Waals surface area (Å²) in [7, 11) is -1.31. The van der Waals surface area contributed by atoms with Crippen LogP contribution in [-0.2, 0) is 21.9 Å². The molecule has 0 bridgehead atoms. The molecule has 0 radical (unpaired) electrons. The lowest BCUT2D eigenvalue weighted by molar-refractivity contribution is -0.139. The van der Waals surface area contributed by atoms with E-state index in [1.54, 1.807) is 4.68 Å². The normalized spacial score (nSPS) is 27.0. The van der Waals surface area contributed by atoms with Gasteiger partial charge in [-0.05, 0) is 31.2 Å². The minimum atomic E-state index is -3.19. The molecule has 0 aromatic carbocycles. The van der Waals surface area contributed by atoms with Crippen LogP contribution in [0.5, 0.6) is 0 Å². The zero-order chi connectivity index (χ0) is 18.7. The van der Waals surface area contributed by atoms with Crippen molar-refractivity contribution >= 4 is 15.9 Å². The van der Waals surface area contributed by atoms with Gasteiger partial charge in [-0.15, -0.1) is 0 Å². The fraction of sp³-hybridized carbons (Fsp3) is 0.765. The molecule has 2 fully saturated rings. The van der Waals surface area contributed by atoms with Crippen molar-refractivity contribution < 1.29 is 13.2 Å². The first kappa shape index (κ1) is 19.3. The number of rotatable bonds is 6. The molecular formula is C17H29N5O3S. The molecule has 8 nitrogen and oxygen atoms in total. The van der Waals surface area contributed by atoms with Gasteiger partial charge in [0.25, 0.3) is 0 Å². The molecule has 0 aliphatic carbocycles. The van der Waals surface area contributed by atoms with Gasteiger partial charge in [0.05, 0.1) is 18.4 Å². The minimum absolute atomic E-state index is 0.0809. The molecule has 146 valence electrons. The van der Waals surface area contributed by atoms with E-state index in [1.165, 1.54) is 6.26 Å². The topological polar surface area (TPSA) is 96.3 Å². The van der Waals surface area contributed by atoms with Crippen LogP contribution in [0.15, 0.2) is 12.4 Å². The molecule has 2 saturated heterocycles. The average Bonchev–Trinajstić information content (AvgIpc) is 3.22. The number of piperidine rings is 1. The van der Waals surface area contributed by atoms with E-state index in [9.17, 15) is 13.2 Å². The van der Waals surface area contributed by atoms with Crippen LogP contribution in [0.2, 0.25) is 0 Å². The van der Waals surface area contributed by atoms with Crippen molar-refractivity contribution in [2.45, 2.75) is 37.6 Å². The Morgan fingerprint density at radius 3 is 2.88 bits per heavy atom. The molecule has 1 aromatic rings. The predicted molar refractivity (Wildman–Crippen MR) is 99.1 cm³/mol. The molecule has 1 amide bonds. The van der Waals surface area contributed by atoms with Gasteiger partial charge in [-0.1, -0.05) is 0 Å². The molecule has 9 heteroatoms. The second kappa shape index (κ2) is 8.06. The van der Waals surface area contributed by atoms with E-state index in [4.69, 9.17) is 0 Å². The fourth-order valence-corrected chi connectivity index (χ4v) is 4.62. The van der Waals surface area contributed by atoms with E-state index in [0.29, 0.717) is 19.5 Å². The summed E-state index contributed by atoms with van der Waals surface area (Å²) in [5.74, 6) is 0.253. The van der Waals surface area contributed by atoms with Crippen LogP contribution in [0.1, 0.15) is 37.2 Å². The Morgan fingerprint density at radius 2 is 2.19 bits per heavy atom. The van der Waals surface area contributed by atoms with Crippen LogP contribution in [0.4, 0.5) is 0 Å². The number of sulfonamides is 1. The summed E-state index contributed by atoms with van der Waals surface area (Å²) in [5, 5.41) is 7.60. The first-order valence-corrected chi connectivity index (χ1v) is 11.2. The highest BCUT2D eigenvalue weighted by atomic mass is 32.2. The lowest BCUT2D eigenvalue weighted by atomic mass is 9.88. The Hall–Kier alpha value is -1.45. The summed E-state index contributed by atoms with van der Waals surface area (Å²) in [6.07, 6.45) is 8.70. The van der Waals surface area contributed by atoms with Crippen molar-refractivity contribution in [1.82, 2.24) is 24.7 Å². The van der Waals surface area contributed by atoms with Crippen molar-refractivity contribution in [2.75, 3.05) is 32.4 Å². The van der Waals surface area contributed by atoms with Crippen LogP contribution in [0.3, 0.4) is 0 Å². The largest absolute Gasteiger partial charge is 0.339 e. The number of hydrogen-bond donors (Lipinski definition) is 2. The molecule has 3 heterocycles. The first-order valence-electron chi connectivity index (χ1n) is 9.29. The van der Waals surface area contributed by atoms with Gasteiger partial charge in [0.1, 0.15) is 0 Å². The molecule has 0 spiro atoms. The van der Waals surface area contributed by atoms with Crippen LogP contribution < -0.4 is 10.0 Å². The molecular weight excluding hydrogens is 354 g/mol. The highest BCUT2D eigenvalue weighted by Gasteiger charge is 2.39. The third kappa shape index (κ3) is 4.63. The highest BCUT2D eigenvalue weighted by Crippen LogP contribution is 2.31. The predicted octanol–water partition coefficient (Wildman–Crippen LogP) is 0.0435. The third-order valence-electron chi connectivity index (χ3n) is 5.44. The zero-order valence-electron chi connectivity index (χ0n) is 15.5. The maximum atomic E-state index is 13.3. The van der Waals surface area contributed by atoms with E-state index < -0.39 is 10.0 Å². The molecule has 26 heavy (non-hydrogen) atoms. The number of nitrogens with zero attached hydrogens (tertiary/aromatic N) is 3. The van der Waals surface area contributed by atoms with E-state index in [0.717, 1.165) is 37.9 Å². The van der Waals surface area contributed by atoms with Gasteiger partial charge in [-0.3, -0.25) is 9.48 Å². The Morgan fingerprint density at radius 1 is 1.38 bits per heavy atom. The lowest BCUT2D eigenvalue weighted by Gasteiger charge is -2.38. The van der Waals surface area contributed by atoms with Gasteiger partial charge < -0.3 is 10.2 Å². The average molecular weight is 384 g/mol. The smallest absolute Gasteiger partial charge is 0.227 e. The lowest BCUT2D eigenvalue weighted by Crippen LogP contribution is -2.48. The summed E-state index contributed by atoms with van der Waals surface area (Å²) >= 11 is 0. The van der Waals surface area contributed by atoms with E-state index >= 15 is 0 Å². The van der Waals surface area contributed by atoms with Crippen LogP contribution in [0, 0.1) is 5.92 Å². The Kier molecular flexibility index (Phi) is 5.99. The maximum absolute atomic E-state index is 13.3. The van der Waals surface area contributed by atoms with Gasteiger partial charge in [0.2, 0.25) is 15.9 Å². The number of hydrogen-bond acceptors (Lipinski definition) is 5. The molecule has 1 unspecified atom stereocenters. The molecule has 2 aliphatic heterocycles. The van der Waals surface area contributed by atoms with Crippen molar-refractivity contribution in [1.29, 1.82) is 0 Å². The highest BCUT2D eigenvalue weighted by molar-refractivity contribution is 7.88. The van der Waals surface area contributed by atoms with E-state index in [1.807, 2.05) is 24.3 Å². The van der Waals surface area contributed by atoms with E-state index in [-0.39, 0.29) is 23.8 Å². The standard InChI is InChI=1S/C17H29N5O3S/c1-21-12-13(9-19-21)15-10-18-11-16(15)17(23)22-8-4-3-5-14(22)6-7-20-26(2,24)25/h9,12,14-16,18,20H,3-8,10-11H2,1-2H3/t14?,15-,16+/m1/s1. The second-order valence-corrected chi connectivity index (χ2v) is 9.29. The van der Waals surface area contributed by atoms with Crippen LogP contribution in [0.25, 0.3) is 0 Å². The van der Waals surface area contributed by atoms with Crippen molar-refractivity contribution in [3.8, 4) is 0 Å². The number of likely N-dealkylation sites (tertiary alicyclic amines) is 1. The number of amides is 1. The summed E-state index contributed by atoms with van der Waals surface area (Å²) in [4.78, 5) is 15.3. The van der Waals surface area contributed by atoms with Gasteiger partial charge in [-0.2, -0.15) is 5.10 Å². The van der Waals surface area contributed by atoms with Gasteiger partial charge >= 0.3 is 0 Å².